The summed E-state index contributed by atoms with van der Waals surface area (Å²) in [7, 11) is 0. The lowest BCUT2D eigenvalue weighted by Gasteiger charge is -2.27. The Bertz CT molecular complexity index is 422. The first-order valence-electron chi connectivity index (χ1n) is 6.92. The highest BCUT2D eigenvalue weighted by atomic mass is 35.5. The number of hydrogen-bond donors (Lipinski definition) is 1. The van der Waals surface area contributed by atoms with Crippen LogP contribution in [0, 0.1) is 0 Å². The number of halogens is 1. The zero-order valence-corrected chi connectivity index (χ0v) is 12.2. The van der Waals surface area contributed by atoms with E-state index in [1.807, 2.05) is 0 Å². The van der Waals surface area contributed by atoms with Gasteiger partial charge in [0.15, 0.2) is 5.17 Å². The molecule has 2 rings (SSSR count). The van der Waals surface area contributed by atoms with E-state index in [1.165, 1.54) is 19.3 Å². The monoisotopic (exact) mass is 297 g/mol. The van der Waals surface area contributed by atoms with Crippen molar-refractivity contribution in [3.05, 3.63) is 30.1 Å². The van der Waals surface area contributed by atoms with Gasteiger partial charge in [0.1, 0.15) is 12.7 Å². The second-order valence-corrected chi connectivity index (χ2v) is 5.29. The second kappa shape index (κ2) is 8.19. The van der Waals surface area contributed by atoms with E-state index >= 15 is 0 Å². The fourth-order valence-corrected chi connectivity index (χ4v) is 2.37. The minimum Gasteiger partial charge on any atom is -0.392 e. The lowest BCUT2D eigenvalue weighted by molar-refractivity contribution is 0.0161. The van der Waals surface area contributed by atoms with Crippen molar-refractivity contribution in [1.82, 2.24) is 9.88 Å². The molecule has 1 saturated heterocycles. The molecule has 0 aromatic carbocycles. The molecule has 1 aromatic heterocycles. The normalized spacial score (nSPS) is 18.8. The molecule has 1 aliphatic heterocycles. The summed E-state index contributed by atoms with van der Waals surface area (Å²) >= 11 is 5.97. The molecular formula is C14H20ClN3O2. The number of β-amino-alcohol motifs (C(OH)–C–C–N with tert-alkyl or cyclic N) is 1. The molecule has 0 bridgehead atoms. The van der Waals surface area contributed by atoms with E-state index in [0.29, 0.717) is 12.1 Å². The van der Waals surface area contributed by atoms with Crippen molar-refractivity contribution in [2.45, 2.75) is 25.4 Å². The van der Waals surface area contributed by atoms with Gasteiger partial charge in [0.25, 0.3) is 0 Å². The summed E-state index contributed by atoms with van der Waals surface area (Å²) in [4.78, 5) is 11.3. The number of pyridine rings is 1. The maximum Gasteiger partial charge on any atom is 0.177 e. The average molecular weight is 298 g/mol. The smallest absolute Gasteiger partial charge is 0.177 e. The van der Waals surface area contributed by atoms with Gasteiger partial charge in [-0.3, -0.25) is 4.98 Å². The minimum absolute atomic E-state index is 0.146. The Balaban J connectivity index is 1.71. The Morgan fingerprint density at radius 1 is 1.45 bits per heavy atom. The summed E-state index contributed by atoms with van der Waals surface area (Å²) in [5.74, 6) is 0. The Kier molecular flexibility index (Phi) is 6.24. The number of aromatic nitrogens is 1. The fraction of sp³-hybridized carbons (Fsp3) is 0.571. The maximum atomic E-state index is 9.89. The fourth-order valence-electron chi connectivity index (χ4n) is 2.21. The van der Waals surface area contributed by atoms with E-state index in [0.717, 1.165) is 13.1 Å². The Morgan fingerprint density at radius 3 is 2.95 bits per heavy atom. The summed E-state index contributed by atoms with van der Waals surface area (Å²) in [6.45, 7) is 2.88. The lowest BCUT2D eigenvalue weighted by atomic mass is 10.1. The minimum atomic E-state index is -0.546. The van der Waals surface area contributed by atoms with Crippen LogP contribution in [0.4, 0.5) is 0 Å². The summed E-state index contributed by atoms with van der Waals surface area (Å²) in [5.41, 5.74) is 0.694. The van der Waals surface area contributed by atoms with Crippen LogP contribution >= 0.6 is 11.6 Å². The van der Waals surface area contributed by atoms with Gasteiger partial charge in [0, 0.05) is 24.5 Å². The lowest BCUT2D eigenvalue weighted by Crippen LogP contribution is -2.38. The topological polar surface area (TPSA) is 58.0 Å². The van der Waals surface area contributed by atoms with Crippen molar-refractivity contribution in [1.29, 1.82) is 0 Å². The van der Waals surface area contributed by atoms with Crippen LogP contribution in [0.5, 0.6) is 0 Å². The van der Waals surface area contributed by atoms with Crippen molar-refractivity contribution in [2.75, 3.05) is 26.2 Å². The quantitative estimate of drug-likeness (QED) is 0.643. The van der Waals surface area contributed by atoms with Gasteiger partial charge >= 0.3 is 0 Å². The maximum absolute atomic E-state index is 9.89. The SMILES string of the molecule is OC(CON=C(Cl)c1cccnc1)CN1CCCCC1. The highest BCUT2D eigenvalue weighted by Crippen LogP contribution is 2.09. The molecule has 1 N–H and O–H groups in total. The van der Waals surface area contributed by atoms with E-state index < -0.39 is 6.10 Å². The number of rotatable bonds is 6. The van der Waals surface area contributed by atoms with Crippen LogP contribution in [0.3, 0.4) is 0 Å². The molecule has 1 atom stereocenters. The van der Waals surface area contributed by atoms with Crippen LogP contribution in [0.2, 0.25) is 0 Å². The molecule has 1 unspecified atom stereocenters. The number of aliphatic hydroxyl groups excluding tert-OH is 1. The molecular weight excluding hydrogens is 278 g/mol. The number of likely N-dealkylation sites (tertiary alicyclic amines) is 1. The summed E-state index contributed by atoms with van der Waals surface area (Å²) in [6, 6.07) is 3.57. The van der Waals surface area contributed by atoms with Gasteiger partial charge in [-0.05, 0) is 38.1 Å². The molecule has 1 aromatic rings. The van der Waals surface area contributed by atoms with Crippen molar-refractivity contribution in [2.24, 2.45) is 5.16 Å². The first kappa shape index (κ1) is 15.2. The Hall–Kier alpha value is -1.17. The van der Waals surface area contributed by atoms with Gasteiger partial charge in [-0.2, -0.15) is 0 Å². The van der Waals surface area contributed by atoms with Crippen LogP contribution in [0.15, 0.2) is 29.7 Å². The summed E-state index contributed by atoms with van der Waals surface area (Å²) < 4.78 is 0. The number of hydrogen-bond acceptors (Lipinski definition) is 5. The number of nitrogens with zero attached hydrogens (tertiary/aromatic N) is 3. The van der Waals surface area contributed by atoms with Gasteiger partial charge in [-0.15, -0.1) is 0 Å². The average Bonchev–Trinajstić information content (AvgIpc) is 2.49. The largest absolute Gasteiger partial charge is 0.392 e. The van der Waals surface area contributed by atoms with Crippen molar-refractivity contribution in [3.8, 4) is 0 Å². The molecule has 1 fully saturated rings. The molecule has 0 spiro atoms. The zero-order chi connectivity index (χ0) is 14.2. The van der Waals surface area contributed by atoms with Gasteiger partial charge < -0.3 is 14.8 Å². The second-order valence-electron chi connectivity index (χ2n) is 4.93. The van der Waals surface area contributed by atoms with Crippen LogP contribution < -0.4 is 0 Å². The predicted molar refractivity (Wildman–Crippen MR) is 78.9 cm³/mol. The molecule has 0 amide bonds. The van der Waals surface area contributed by atoms with Gasteiger partial charge in [0.2, 0.25) is 0 Å². The third-order valence-electron chi connectivity index (χ3n) is 3.23. The molecule has 2 heterocycles. The van der Waals surface area contributed by atoms with E-state index in [1.54, 1.807) is 24.5 Å². The Labute approximate surface area is 124 Å². The first-order chi connectivity index (χ1) is 9.75. The number of aliphatic hydroxyl groups is 1. The van der Waals surface area contributed by atoms with Crippen molar-refractivity contribution in [3.63, 3.8) is 0 Å². The standard InChI is InChI=1S/C14H20ClN3O2/c15-14(12-5-4-6-16-9-12)17-20-11-13(19)10-18-7-2-1-3-8-18/h4-6,9,13,19H,1-3,7-8,10-11H2. The summed E-state index contributed by atoms with van der Waals surface area (Å²) in [5, 5.41) is 13.9. The molecule has 110 valence electrons. The van der Waals surface area contributed by atoms with Gasteiger partial charge in [0.05, 0.1) is 0 Å². The van der Waals surface area contributed by atoms with Crippen LogP contribution in [-0.2, 0) is 4.84 Å². The zero-order valence-electron chi connectivity index (χ0n) is 11.4. The molecule has 5 nitrogen and oxygen atoms in total. The third kappa shape index (κ3) is 5.07. The number of oxime groups is 1. The molecule has 1 aliphatic rings. The molecule has 0 radical (unpaired) electrons. The summed E-state index contributed by atoms with van der Waals surface area (Å²) in [6.07, 6.45) is 6.43. The van der Waals surface area contributed by atoms with E-state index in [2.05, 4.69) is 15.0 Å². The molecule has 6 heteroatoms. The first-order valence-corrected chi connectivity index (χ1v) is 7.30. The van der Waals surface area contributed by atoms with E-state index in [4.69, 9.17) is 16.4 Å². The number of piperidine rings is 1. The molecule has 20 heavy (non-hydrogen) atoms. The van der Waals surface area contributed by atoms with Crippen LogP contribution in [0.25, 0.3) is 0 Å². The molecule has 0 saturated carbocycles. The van der Waals surface area contributed by atoms with Crippen LogP contribution in [-0.4, -0.2) is 52.5 Å². The van der Waals surface area contributed by atoms with Gasteiger partial charge in [-0.25, -0.2) is 0 Å². The predicted octanol–water partition coefficient (Wildman–Crippen LogP) is 1.85. The highest BCUT2D eigenvalue weighted by molar-refractivity contribution is 6.69. The van der Waals surface area contributed by atoms with Gasteiger partial charge in [-0.1, -0.05) is 23.2 Å². The van der Waals surface area contributed by atoms with Crippen molar-refractivity contribution >= 4 is 16.8 Å². The van der Waals surface area contributed by atoms with Crippen molar-refractivity contribution < 1.29 is 9.94 Å². The Morgan fingerprint density at radius 2 is 2.25 bits per heavy atom. The van der Waals surface area contributed by atoms with E-state index in [-0.39, 0.29) is 11.8 Å². The van der Waals surface area contributed by atoms with Crippen LogP contribution in [0.1, 0.15) is 24.8 Å². The highest BCUT2D eigenvalue weighted by Gasteiger charge is 2.14. The van der Waals surface area contributed by atoms with E-state index in [9.17, 15) is 5.11 Å². The molecule has 0 aliphatic carbocycles. The third-order valence-corrected chi connectivity index (χ3v) is 3.52.